The SMILES string of the molecule is CNC(Cc1ccn(C(C)C)n1)c1cscc1C. The van der Waals surface area contributed by atoms with Crippen LogP contribution in [0.4, 0.5) is 0 Å². The predicted octanol–water partition coefficient (Wildman–Crippen LogP) is 3.34. The summed E-state index contributed by atoms with van der Waals surface area (Å²) >= 11 is 1.76. The normalized spacial score (nSPS) is 13.2. The van der Waals surface area contributed by atoms with Gasteiger partial charge in [0.15, 0.2) is 0 Å². The maximum absolute atomic E-state index is 4.62. The maximum Gasteiger partial charge on any atom is 0.0643 e. The van der Waals surface area contributed by atoms with Gasteiger partial charge in [-0.3, -0.25) is 4.68 Å². The van der Waals surface area contributed by atoms with Crippen molar-refractivity contribution in [2.75, 3.05) is 7.05 Å². The molecule has 1 atom stereocenters. The van der Waals surface area contributed by atoms with E-state index in [1.807, 2.05) is 11.7 Å². The Kier molecular flexibility index (Phi) is 4.19. The number of thiophene rings is 1. The fraction of sp³-hybridized carbons (Fsp3) is 0.500. The van der Waals surface area contributed by atoms with Gasteiger partial charge < -0.3 is 5.32 Å². The smallest absolute Gasteiger partial charge is 0.0643 e. The zero-order chi connectivity index (χ0) is 13.1. The van der Waals surface area contributed by atoms with Crippen molar-refractivity contribution in [2.24, 2.45) is 0 Å². The topological polar surface area (TPSA) is 29.9 Å². The standard InChI is InChI=1S/C14H21N3S/c1-10(2)17-6-5-12(16-17)7-14(15-4)13-9-18-8-11(13)3/h5-6,8-10,14-15H,7H2,1-4H3. The van der Waals surface area contributed by atoms with E-state index in [1.54, 1.807) is 11.3 Å². The molecule has 0 aliphatic heterocycles. The van der Waals surface area contributed by atoms with E-state index < -0.39 is 0 Å². The molecule has 0 spiro atoms. The third-order valence-corrected chi connectivity index (χ3v) is 4.10. The van der Waals surface area contributed by atoms with E-state index in [9.17, 15) is 0 Å². The molecule has 18 heavy (non-hydrogen) atoms. The number of aryl methyl sites for hydroxylation is 1. The van der Waals surface area contributed by atoms with Crippen LogP contribution in [0.25, 0.3) is 0 Å². The van der Waals surface area contributed by atoms with E-state index in [4.69, 9.17) is 0 Å². The van der Waals surface area contributed by atoms with Crippen molar-refractivity contribution in [3.05, 3.63) is 39.8 Å². The first-order valence-electron chi connectivity index (χ1n) is 6.35. The van der Waals surface area contributed by atoms with Crippen LogP contribution in [0.2, 0.25) is 0 Å². The average molecular weight is 263 g/mol. The molecule has 98 valence electrons. The Morgan fingerprint density at radius 3 is 2.67 bits per heavy atom. The van der Waals surface area contributed by atoms with Crippen LogP contribution in [0.1, 0.15) is 42.8 Å². The molecule has 0 radical (unpaired) electrons. The van der Waals surface area contributed by atoms with Gasteiger partial charge in [-0.1, -0.05) is 0 Å². The molecular formula is C14H21N3S. The van der Waals surface area contributed by atoms with Crippen LogP contribution >= 0.6 is 11.3 Å². The predicted molar refractivity (Wildman–Crippen MR) is 77.2 cm³/mol. The molecule has 2 aromatic heterocycles. The van der Waals surface area contributed by atoms with Gasteiger partial charge in [-0.05, 0) is 55.8 Å². The van der Waals surface area contributed by atoms with E-state index >= 15 is 0 Å². The maximum atomic E-state index is 4.62. The number of hydrogen-bond acceptors (Lipinski definition) is 3. The molecule has 0 aromatic carbocycles. The molecule has 1 unspecified atom stereocenters. The summed E-state index contributed by atoms with van der Waals surface area (Å²) < 4.78 is 2.02. The molecule has 0 saturated heterocycles. The molecule has 1 N–H and O–H groups in total. The van der Waals surface area contributed by atoms with Crippen molar-refractivity contribution >= 4 is 11.3 Å². The van der Waals surface area contributed by atoms with Gasteiger partial charge in [-0.15, -0.1) is 0 Å². The van der Waals surface area contributed by atoms with Crippen molar-refractivity contribution in [1.29, 1.82) is 0 Å². The molecule has 0 amide bonds. The summed E-state index contributed by atoms with van der Waals surface area (Å²) in [6, 6.07) is 2.90. The average Bonchev–Trinajstić information content (AvgIpc) is 2.95. The zero-order valence-corrected chi connectivity index (χ0v) is 12.3. The summed E-state index contributed by atoms with van der Waals surface area (Å²) in [6.07, 6.45) is 3.00. The van der Waals surface area contributed by atoms with Crippen molar-refractivity contribution < 1.29 is 0 Å². The molecule has 0 aliphatic rings. The van der Waals surface area contributed by atoms with Gasteiger partial charge in [0.2, 0.25) is 0 Å². The minimum Gasteiger partial charge on any atom is -0.313 e. The lowest BCUT2D eigenvalue weighted by molar-refractivity contribution is 0.515. The van der Waals surface area contributed by atoms with E-state index in [-0.39, 0.29) is 0 Å². The number of rotatable bonds is 5. The van der Waals surface area contributed by atoms with Crippen LogP contribution in [0.15, 0.2) is 23.0 Å². The fourth-order valence-electron chi connectivity index (χ4n) is 2.08. The molecule has 2 heterocycles. The van der Waals surface area contributed by atoms with Crippen molar-refractivity contribution in [1.82, 2.24) is 15.1 Å². The third-order valence-electron chi connectivity index (χ3n) is 3.22. The monoisotopic (exact) mass is 263 g/mol. The number of nitrogens with zero attached hydrogens (tertiary/aromatic N) is 2. The number of hydrogen-bond donors (Lipinski definition) is 1. The van der Waals surface area contributed by atoms with Crippen LogP contribution in [0.5, 0.6) is 0 Å². The van der Waals surface area contributed by atoms with Crippen molar-refractivity contribution in [3.8, 4) is 0 Å². The molecule has 0 aliphatic carbocycles. The van der Waals surface area contributed by atoms with Gasteiger partial charge in [0, 0.05) is 24.7 Å². The van der Waals surface area contributed by atoms with E-state index in [1.165, 1.54) is 11.1 Å². The quantitative estimate of drug-likeness (QED) is 0.896. The largest absolute Gasteiger partial charge is 0.313 e. The second-order valence-electron chi connectivity index (χ2n) is 4.94. The lowest BCUT2D eigenvalue weighted by Gasteiger charge is -2.15. The molecule has 0 fully saturated rings. The first kappa shape index (κ1) is 13.3. The van der Waals surface area contributed by atoms with E-state index in [0.29, 0.717) is 12.1 Å². The van der Waals surface area contributed by atoms with Gasteiger partial charge in [-0.2, -0.15) is 16.4 Å². The summed E-state index contributed by atoms with van der Waals surface area (Å²) in [5, 5.41) is 12.4. The number of likely N-dealkylation sites (N-methyl/N-ethyl adjacent to an activating group) is 1. The fourth-order valence-corrected chi connectivity index (χ4v) is 2.98. The second-order valence-corrected chi connectivity index (χ2v) is 5.68. The highest BCUT2D eigenvalue weighted by Crippen LogP contribution is 2.24. The van der Waals surface area contributed by atoms with E-state index in [0.717, 1.165) is 12.1 Å². The van der Waals surface area contributed by atoms with Crippen molar-refractivity contribution in [2.45, 2.75) is 39.3 Å². The first-order chi connectivity index (χ1) is 8.61. The summed E-state index contributed by atoms with van der Waals surface area (Å²) in [5.74, 6) is 0. The Morgan fingerprint density at radius 2 is 2.17 bits per heavy atom. The molecule has 0 saturated carbocycles. The first-order valence-corrected chi connectivity index (χ1v) is 7.30. The molecule has 2 rings (SSSR count). The lowest BCUT2D eigenvalue weighted by Crippen LogP contribution is -2.19. The van der Waals surface area contributed by atoms with Crippen LogP contribution in [-0.2, 0) is 6.42 Å². The Hall–Kier alpha value is -1.13. The van der Waals surface area contributed by atoms with Crippen LogP contribution in [0.3, 0.4) is 0 Å². The van der Waals surface area contributed by atoms with Gasteiger partial charge in [0.05, 0.1) is 5.69 Å². The zero-order valence-electron chi connectivity index (χ0n) is 11.5. The summed E-state index contributed by atoms with van der Waals surface area (Å²) in [6.45, 7) is 6.47. The van der Waals surface area contributed by atoms with Crippen LogP contribution in [0, 0.1) is 6.92 Å². The molecule has 2 aromatic rings. The minimum atomic E-state index is 0.353. The Morgan fingerprint density at radius 1 is 1.39 bits per heavy atom. The molecule has 4 heteroatoms. The van der Waals surface area contributed by atoms with Crippen molar-refractivity contribution in [3.63, 3.8) is 0 Å². The highest BCUT2D eigenvalue weighted by Gasteiger charge is 2.15. The summed E-state index contributed by atoms with van der Waals surface area (Å²) in [7, 11) is 2.02. The third kappa shape index (κ3) is 2.82. The van der Waals surface area contributed by atoms with Gasteiger partial charge in [0.1, 0.15) is 0 Å². The highest BCUT2D eigenvalue weighted by atomic mass is 32.1. The Balaban J connectivity index is 2.13. The van der Waals surface area contributed by atoms with Crippen LogP contribution < -0.4 is 5.32 Å². The minimum absolute atomic E-state index is 0.353. The second kappa shape index (κ2) is 5.67. The van der Waals surface area contributed by atoms with Gasteiger partial charge in [0.25, 0.3) is 0 Å². The lowest BCUT2D eigenvalue weighted by atomic mass is 10.0. The molecular weight excluding hydrogens is 242 g/mol. The highest BCUT2D eigenvalue weighted by molar-refractivity contribution is 7.08. The number of nitrogens with one attached hydrogen (secondary N) is 1. The number of aromatic nitrogens is 2. The summed E-state index contributed by atoms with van der Waals surface area (Å²) in [4.78, 5) is 0. The molecule has 3 nitrogen and oxygen atoms in total. The van der Waals surface area contributed by atoms with Gasteiger partial charge >= 0.3 is 0 Å². The Labute approximate surface area is 113 Å². The summed E-state index contributed by atoms with van der Waals surface area (Å²) in [5.41, 5.74) is 3.90. The van der Waals surface area contributed by atoms with Gasteiger partial charge in [-0.25, -0.2) is 0 Å². The Bertz CT molecular complexity index is 499. The van der Waals surface area contributed by atoms with Crippen LogP contribution in [-0.4, -0.2) is 16.8 Å². The molecule has 0 bridgehead atoms. The van der Waals surface area contributed by atoms with E-state index in [2.05, 4.69) is 54.2 Å².